The molecule has 0 spiro atoms. The van der Waals surface area contributed by atoms with E-state index >= 15 is 0 Å². The summed E-state index contributed by atoms with van der Waals surface area (Å²) in [6, 6.07) is 17.1. The molecule has 27 heavy (non-hydrogen) atoms. The average molecular weight is 444 g/mol. The monoisotopic (exact) mass is 443 g/mol. The molecule has 0 aliphatic heterocycles. The van der Waals surface area contributed by atoms with E-state index in [9.17, 15) is 4.79 Å². The maximum Gasteiger partial charge on any atom is 0.338 e. The van der Waals surface area contributed by atoms with E-state index in [1.54, 1.807) is 49.2 Å². The van der Waals surface area contributed by atoms with Gasteiger partial charge in [0.2, 0.25) is 0 Å². The standard InChI is InChI=1S/C21H18BrNO3S/c1-3-25-20(24)15-6-8-16(9-7-15)23-13-17-12-19(22)21(26-17)27-18-10-4-14(2)5-11-18/h4-13H,3H2,1-2H3. The Morgan fingerprint density at radius 2 is 1.89 bits per heavy atom. The first-order valence-electron chi connectivity index (χ1n) is 8.40. The Bertz CT molecular complexity index is 947. The van der Waals surface area contributed by atoms with E-state index in [1.807, 2.05) is 6.07 Å². The summed E-state index contributed by atoms with van der Waals surface area (Å²) in [6.45, 7) is 4.20. The fourth-order valence-electron chi connectivity index (χ4n) is 2.25. The molecule has 4 nitrogen and oxygen atoms in total. The van der Waals surface area contributed by atoms with Crippen molar-refractivity contribution >= 4 is 45.6 Å². The summed E-state index contributed by atoms with van der Waals surface area (Å²) < 4.78 is 11.7. The van der Waals surface area contributed by atoms with Gasteiger partial charge in [0.05, 0.1) is 28.5 Å². The molecule has 6 heteroatoms. The maximum absolute atomic E-state index is 11.7. The van der Waals surface area contributed by atoms with Crippen LogP contribution in [0.5, 0.6) is 0 Å². The van der Waals surface area contributed by atoms with E-state index in [-0.39, 0.29) is 5.97 Å². The number of carbonyl (C=O) groups is 1. The van der Waals surface area contributed by atoms with Gasteiger partial charge in [-0.3, -0.25) is 4.99 Å². The molecule has 3 aromatic rings. The highest BCUT2D eigenvalue weighted by Crippen LogP contribution is 2.35. The summed E-state index contributed by atoms with van der Waals surface area (Å²) >= 11 is 5.08. The number of hydrogen-bond donors (Lipinski definition) is 0. The zero-order valence-corrected chi connectivity index (χ0v) is 17.3. The third-order valence-corrected chi connectivity index (χ3v) is 5.47. The van der Waals surface area contributed by atoms with Crippen LogP contribution in [0.2, 0.25) is 0 Å². The van der Waals surface area contributed by atoms with Crippen LogP contribution in [-0.2, 0) is 4.74 Å². The second-order valence-corrected chi connectivity index (χ2v) is 7.63. The zero-order valence-electron chi connectivity index (χ0n) is 14.9. The normalized spacial score (nSPS) is 11.1. The van der Waals surface area contributed by atoms with Gasteiger partial charge in [-0.1, -0.05) is 29.5 Å². The minimum absolute atomic E-state index is 0.333. The van der Waals surface area contributed by atoms with Crippen molar-refractivity contribution < 1.29 is 13.9 Å². The van der Waals surface area contributed by atoms with E-state index < -0.39 is 0 Å². The molecule has 1 aromatic heterocycles. The van der Waals surface area contributed by atoms with Gasteiger partial charge in [0.15, 0.2) is 5.09 Å². The van der Waals surface area contributed by atoms with E-state index in [2.05, 4.69) is 52.1 Å². The highest BCUT2D eigenvalue weighted by Gasteiger charge is 2.10. The molecule has 3 rings (SSSR count). The Labute approximate surface area is 170 Å². The second-order valence-electron chi connectivity index (χ2n) is 5.72. The molecule has 0 saturated carbocycles. The van der Waals surface area contributed by atoms with Gasteiger partial charge >= 0.3 is 5.97 Å². The minimum Gasteiger partial charge on any atom is -0.462 e. The van der Waals surface area contributed by atoms with Crippen LogP contribution in [0.1, 0.15) is 28.6 Å². The molecule has 0 aliphatic carbocycles. The van der Waals surface area contributed by atoms with Gasteiger partial charge in [-0.15, -0.1) is 0 Å². The van der Waals surface area contributed by atoms with Crippen LogP contribution in [-0.4, -0.2) is 18.8 Å². The quantitative estimate of drug-likeness (QED) is 0.325. The third kappa shape index (κ3) is 5.34. The first kappa shape index (κ1) is 19.5. The topological polar surface area (TPSA) is 51.8 Å². The maximum atomic E-state index is 11.7. The molecule has 0 atom stereocenters. The molecule has 0 fully saturated rings. The Hall–Kier alpha value is -2.31. The fourth-order valence-corrected chi connectivity index (χ4v) is 3.58. The first-order chi connectivity index (χ1) is 13.0. The molecule has 0 radical (unpaired) electrons. The van der Waals surface area contributed by atoms with Crippen molar-refractivity contribution in [3.8, 4) is 0 Å². The highest BCUT2D eigenvalue weighted by atomic mass is 79.9. The second kappa shape index (κ2) is 9.06. The van der Waals surface area contributed by atoms with Crippen molar-refractivity contribution in [1.82, 2.24) is 0 Å². The van der Waals surface area contributed by atoms with Crippen molar-refractivity contribution in [3.05, 3.63) is 76.0 Å². The number of halogens is 1. The molecule has 0 aliphatic rings. The number of furan rings is 1. The van der Waals surface area contributed by atoms with Crippen LogP contribution in [0, 0.1) is 6.92 Å². The number of benzene rings is 2. The van der Waals surface area contributed by atoms with Crippen LogP contribution < -0.4 is 0 Å². The van der Waals surface area contributed by atoms with Crippen molar-refractivity contribution in [1.29, 1.82) is 0 Å². The molecule has 2 aromatic carbocycles. The number of aryl methyl sites for hydroxylation is 1. The Balaban J connectivity index is 1.68. The van der Waals surface area contributed by atoms with E-state index in [0.717, 1.165) is 20.1 Å². The van der Waals surface area contributed by atoms with Crippen molar-refractivity contribution in [2.24, 2.45) is 4.99 Å². The zero-order chi connectivity index (χ0) is 19.2. The van der Waals surface area contributed by atoms with Crippen molar-refractivity contribution in [2.45, 2.75) is 23.8 Å². The molecule has 0 N–H and O–H groups in total. The summed E-state index contributed by atoms with van der Waals surface area (Å²) in [5, 5.41) is 0.776. The lowest BCUT2D eigenvalue weighted by molar-refractivity contribution is 0.0526. The van der Waals surface area contributed by atoms with Crippen molar-refractivity contribution in [3.63, 3.8) is 0 Å². The molecular formula is C21H18BrNO3S. The predicted octanol–water partition coefficient (Wildman–Crippen LogP) is 6.43. The number of nitrogens with zero attached hydrogens (tertiary/aromatic N) is 1. The Morgan fingerprint density at radius 1 is 1.19 bits per heavy atom. The molecule has 0 amide bonds. The van der Waals surface area contributed by atoms with Gasteiger partial charge in [-0.2, -0.15) is 0 Å². The third-order valence-electron chi connectivity index (χ3n) is 3.63. The van der Waals surface area contributed by atoms with Gasteiger partial charge in [0, 0.05) is 11.0 Å². The first-order valence-corrected chi connectivity index (χ1v) is 10.0. The highest BCUT2D eigenvalue weighted by molar-refractivity contribution is 9.10. The largest absolute Gasteiger partial charge is 0.462 e. The molecule has 1 heterocycles. The number of rotatable bonds is 6. The van der Waals surface area contributed by atoms with Crippen LogP contribution in [0.15, 0.2) is 78.5 Å². The van der Waals surface area contributed by atoms with Crippen LogP contribution in [0.25, 0.3) is 0 Å². The molecule has 0 bridgehead atoms. The van der Waals surface area contributed by atoms with Crippen LogP contribution in [0.3, 0.4) is 0 Å². The van der Waals surface area contributed by atoms with Crippen LogP contribution >= 0.6 is 27.7 Å². The molecule has 0 unspecified atom stereocenters. The van der Waals surface area contributed by atoms with Gasteiger partial charge in [0.1, 0.15) is 5.76 Å². The molecule has 0 saturated heterocycles. The van der Waals surface area contributed by atoms with E-state index in [1.165, 1.54) is 5.56 Å². The smallest absolute Gasteiger partial charge is 0.338 e. The SMILES string of the molecule is CCOC(=O)c1ccc(N=Cc2cc(Br)c(Sc3ccc(C)cc3)o2)cc1. The summed E-state index contributed by atoms with van der Waals surface area (Å²) in [5.74, 6) is 0.312. The summed E-state index contributed by atoms with van der Waals surface area (Å²) in [7, 11) is 0. The fraction of sp³-hybridized carbons (Fsp3) is 0.143. The van der Waals surface area contributed by atoms with Gasteiger partial charge in [0.25, 0.3) is 0 Å². The number of aliphatic imine (C=N–C) groups is 1. The number of esters is 1. The summed E-state index contributed by atoms with van der Waals surface area (Å²) in [4.78, 5) is 17.2. The Kier molecular flexibility index (Phi) is 6.53. The van der Waals surface area contributed by atoms with Gasteiger partial charge in [-0.05, 0) is 66.2 Å². The number of hydrogen-bond acceptors (Lipinski definition) is 5. The molecule has 138 valence electrons. The van der Waals surface area contributed by atoms with Gasteiger partial charge < -0.3 is 9.15 Å². The lowest BCUT2D eigenvalue weighted by Crippen LogP contribution is -2.03. The van der Waals surface area contributed by atoms with Crippen LogP contribution in [0.4, 0.5) is 5.69 Å². The lowest BCUT2D eigenvalue weighted by Gasteiger charge is -2.01. The Morgan fingerprint density at radius 3 is 2.56 bits per heavy atom. The summed E-state index contributed by atoms with van der Waals surface area (Å²) in [5.41, 5.74) is 2.45. The van der Waals surface area contributed by atoms with E-state index in [4.69, 9.17) is 9.15 Å². The van der Waals surface area contributed by atoms with E-state index in [0.29, 0.717) is 17.9 Å². The lowest BCUT2D eigenvalue weighted by atomic mass is 10.2. The molecular weight excluding hydrogens is 426 g/mol. The number of carbonyl (C=O) groups excluding carboxylic acids is 1. The van der Waals surface area contributed by atoms with Gasteiger partial charge in [-0.25, -0.2) is 4.79 Å². The summed E-state index contributed by atoms with van der Waals surface area (Å²) in [6.07, 6.45) is 1.66. The minimum atomic E-state index is -0.333. The average Bonchev–Trinajstić information content (AvgIpc) is 3.02. The number of ether oxygens (including phenoxy) is 1. The predicted molar refractivity (Wildman–Crippen MR) is 111 cm³/mol. The van der Waals surface area contributed by atoms with Crippen molar-refractivity contribution in [2.75, 3.05) is 6.61 Å².